The normalized spacial score (nSPS) is 29.7. The molecule has 2 aliphatic heterocycles. The Morgan fingerprint density at radius 3 is 2.58 bits per heavy atom. The Balaban J connectivity index is 1.58. The van der Waals surface area contributed by atoms with Crippen molar-refractivity contribution < 1.29 is 9.84 Å². The molecular formula is C15H22N2O2. The summed E-state index contributed by atoms with van der Waals surface area (Å²) in [6.45, 7) is 6.14. The van der Waals surface area contributed by atoms with E-state index in [1.165, 1.54) is 5.56 Å². The topological polar surface area (TPSA) is 35.9 Å². The van der Waals surface area contributed by atoms with E-state index < -0.39 is 0 Å². The predicted octanol–water partition coefficient (Wildman–Crippen LogP) is 0.564. The lowest BCUT2D eigenvalue weighted by Crippen LogP contribution is -2.48. The molecule has 4 heteroatoms. The van der Waals surface area contributed by atoms with E-state index in [2.05, 4.69) is 34.1 Å². The van der Waals surface area contributed by atoms with Crippen LogP contribution in [0.1, 0.15) is 5.56 Å². The molecule has 0 aliphatic carbocycles. The van der Waals surface area contributed by atoms with Gasteiger partial charge in [-0.15, -0.1) is 0 Å². The number of ether oxygens (including phenoxy) is 1. The third-order valence-electron chi connectivity index (χ3n) is 4.10. The van der Waals surface area contributed by atoms with E-state index >= 15 is 0 Å². The second-order valence-corrected chi connectivity index (χ2v) is 5.46. The monoisotopic (exact) mass is 262 g/mol. The summed E-state index contributed by atoms with van der Waals surface area (Å²) in [6, 6.07) is 10.7. The van der Waals surface area contributed by atoms with Crippen LogP contribution in [-0.2, 0) is 11.3 Å². The number of hydrogen-bond donors (Lipinski definition) is 1. The first-order chi connectivity index (χ1) is 9.33. The van der Waals surface area contributed by atoms with E-state index in [0.717, 1.165) is 45.9 Å². The molecule has 2 heterocycles. The summed E-state index contributed by atoms with van der Waals surface area (Å²) in [5.41, 5.74) is 1.32. The summed E-state index contributed by atoms with van der Waals surface area (Å²) in [7, 11) is 0. The number of likely N-dealkylation sites (tertiary alicyclic amines) is 1. The average Bonchev–Trinajstić information content (AvgIpc) is 2.82. The first-order valence-electron chi connectivity index (χ1n) is 7.09. The number of hydrogen-bond acceptors (Lipinski definition) is 4. The van der Waals surface area contributed by atoms with Crippen molar-refractivity contribution in [3.8, 4) is 0 Å². The Morgan fingerprint density at radius 1 is 1.11 bits per heavy atom. The van der Waals surface area contributed by atoms with Gasteiger partial charge >= 0.3 is 0 Å². The zero-order valence-corrected chi connectivity index (χ0v) is 11.2. The van der Waals surface area contributed by atoms with Gasteiger partial charge in [0.15, 0.2) is 0 Å². The fraction of sp³-hybridized carbons (Fsp3) is 0.600. The molecule has 0 spiro atoms. The molecule has 2 atom stereocenters. The van der Waals surface area contributed by atoms with Crippen molar-refractivity contribution in [2.24, 2.45) is 0 Å². The average molecular weight is 262 g/mol. The van der Waals surface area contributed by atoms with Crippen LogP contribution in [0, 0.1) is 0 Å². The van der Waals surface area contributed by atoms with Gasteiger partial charge in [-0.05, 0) is 5.56 Å². The van der Waals surface area contributed by atoms with Crippen molar-refractivity contribution in [1.82, 2.24) is 9.80 Å². The molecule has 2 fully saturated rings. The molecule has 0 saturated carbocycles. The summed E-state index contributed by atoms with van der Waals surface area (Å²) in [4.78, 5) is 4.72. The van der Waals surface area contributed by atoms with Gasteiger partial charge in [0.05, 0.1) is 19.3 Å². The van der Waals surface area contributed by atoms with Crippen LogP contribution >= 0.6 is 0 Å². The minimum Gasteiger partial charge on any atom is -0.390 e. The van der Waals surface area contributed by atoms with Gasteiger partial charge in [-0.25, -0.2) is 0 Å². The zero-order valence-electron chi connectivity index (χ0n) is 11.2. The van der Waals surface area contributed by atoms with E-state index in [4.69, 9.17) is 4.74 Å². The highest BCUT2D eigenvalue weighted by molar-refractivity contribution is 5.15. The molecule has 1 aromatic carbocycles. The smallest absolute Gasteiger partial charge is 0.0834 e. The zero-order chi connectivity index (χ0) is 13.1. The Kier molecular flexibility index (Phi) is 4.13. The molecule has 3 rings (SSSR count). The maximum Gasteiger partial charge on any atom is 0.0834 e. The van der Waals surface area contributed by atoms with Crippen LogP contribution in [0.3, 0.4) is 0 Å². The van der Waals surface area contributed by atoms with E-state index in [9.17, 15) is 5.11 Å². The molecule has 19 heavy (non-hydrogen) atoms. The number of morpholine rings is 1. The van der Waals surface area contributed by atoms with Gasteiger partial charge in [0.1, 0.15) is 0 Å². The summed E-state index contributed by atoms with van der Waals surface area (Å²) in [5, 5.41) is 10.3. The molecule has 1 N–H and O–H groups in total. The van der Waals surface area contributed by atoms with Gasteiger partial charge in [-0.1, -0.05) is 30.3 Å². The SMILES string of the molecule is OC1CN(Cc2ccccc2)CC1N1CCOCC1. The van der Waals surface area contributed by atoms with Crippen molar-refractivity contribution in [3.05, 3.63) is 35.9 Å². The van der Waals surface area contributed by atoms with Crippen LogP contribution in [0.2, 0.25) is 0 Å². The van der Waals surface area contributed by atoms with E-state index in [1.54, 1.807) is 0 Å². The van der Waals surface area contributed by atoms with Crippen molar-refractivity contribution >= 4 is 0 Å². The number of benzene rings is 1. The fourth-order valence-corrected chi connectivity index (χ4v) is 3.09. The molecule has 0 aromatic heterocycles. The Morgan fingerprint density at radius 2 is 1.84 bits per heavy atom. The van der Waals surface area contributed by atoms with Gasteiger partial charge in [0, 0.05) is 38.8 Å². The number of aliphatic hydroxyl groups is 1. The van der Waals surface area contributed by atoms with Crippen LogP contribution in [0.5, 0.6) is 0 Å². The van der Waals surface area contributed by atoms with E-state index in [0.29, 0.717) is 0 Å². The number of β-amino-alcohol motifs (C(OH)–C–C–N with tert-alkyl or cyclic N) is 1. The first kappa shape index (κ1) is 13.1. The highest BCUT2D eigenvalue weighted by Crippen LogP contribution is 2.19. The van der Waals surface area contributed by atoms with Crippen LogP contribution in [0.15, 0.2) is 30.3 Å². The van der Waals surface area contributed by atoms with Crippen molar-refractivity contribution in [1.29, 1.82) is 0 Å². The Labute approximate surface area is 114 Å². The standard InChI is InChI=1S/C15H22N2O2/c18-15-12-16(10-13-4-2-1-3-5-13)11-14(15)17-6-8-19-9-7-17/h1-5,14-15,18H,6-12H2. The van der Waals surface area contributed by atoms with E-state index in [-0.39, 0.29) is 12.1 Å². The third kappa shape index (κ3) is 3.15. The molecule has 104 valence electrons. The molecule has 0 radical (unpaired) electrons. The molecule has 0 bridgehead atoms. The Hall–Kier alpha value is -0.940. The lowest BCUT2D eigenvalue weighted by Gasteiger charge is -2.33. The molecule has 2 aliphatic rings. The van der Waals surface area contributed by atoms with Crippen LogP contribution in [0.4, 0.5) is 0 Å². The van der Waals surface area contributed by atoms with Crippen molar-refractivity contribution in [3.63, 3.8) is 0 Å². The predicted molar refractivity (Wildman–Crippen MR) is 73.9 cm³/mol. The molecule has 2 unspecified atom stereocenters. The fourth-order valence-electron chi connectivity index (χ4n) is 3.09. The van der Waals surface area contributed by atoms with Crippen molar-refractivity contribution in [2.45, 2.75) is 18.7 Å². The maximum absolute atomic E-state index is 10.3. The molecule has 0 amide bonds. The molecule has 4 nitrogen and oxygen atoms in total. The summed E-state index contributed by atoms with van der Waals surface area (Å²) >= 11 is 0. The molecular weight excluding hydrogens is 240 g/mol. The van der Waals surface area contributed by atoms with Crippen molar-refractivity contribution in [2.75, 3.05) is 39.4 Å². The van der Waals surface area contributed by atoms with Gasteiger partial charge in [0.2, 0.25) is 0 Å². The first-order valence-corrected chi connectivity index (χ1v) is 7.09. The van der Waals surface area contributed by atoms with Crippen LogP contribution < -0.4 is 0 Å². The second-order valence-electron chi connectivity index (χ2n) is 5.46. The molecule has 2 saturated heterocycles. The largest absolute Gasteiger partial charge is 0.390 e. The number of aliphatic hydroxyl groups excluding tert-OH is 1. The number of nitrogens with zero attached hydrogens (tertiary/aromatic N) is 2. The third-order valence-corrected chi connectivity index (χ3v) is 4.10. The van der Waals surface area contributed by atoms with Crippen LogP contribution in [0.25, 0.3) is 0 Å². The summed E-state index contributed by atoms with van der Waals surface area (Å²) in [6.07, 6.45) is -0.234. The summed E-state index contributed by atoms with van der Waals surface area (Å²) < 4.78 is 5.38. The lowest BCUT2D eigenvalue weighted by molar-refractivity contribution is -0.00618. The van der Waals surface area contributed by atoms with E-state index in [1.807, 2.05) is 6.07 Å². The quantitative estimate of drug-likeness (QED) is 0.863. The summed E-state index contributed by atoms with van der Waals surface area (Å²) in [5.74, 6) is 0. The van der Waals surface area contributed by atoms with Gasteiger partial charge in [-0.2, -0.15) is 0 Å². The maximum atomic E-state index is 10.3. The van der Waals surface area contributed by atoms with Crippen LogP contribution in [-0.4, -0.2) is 66.4 Å². The minimum absolute atomic E-state index is 0.234. The van der Waals surface area contributed by atoms with Gasteiger partial charge in [-0.3, -0.25) is 9.80 Å². The lowest BCUT2D eigenvalue weighted by atomic mass is 10.1. The van der Waals surface area contributed by atoms with Gasteiger partial charge < -0.3 is 9.84 Å². The highest BCUT2D eigenvalue weighted by atomic mass is 16.5. The highest BCUT2D eigenvalue weighted by Gasteiger charge is 2.35. The second kappa shape index (κ2) is 6.01. The Bertz CT molecular complexity index is 392. The number of rotatable bonds is 3. The minimum atomic E-state index is -0.234. The van der Waals surface area contributed by atoms with Gasteiger partial charge in [0.25, 0.3) is 0 Å². The molecule has 1 aromatic rings.